The van der Waals surface area contributed by atoms with E-state index in [1.54, 1.807) is 4.90 Å². The fourth-order valence-electron chi connectivity index (χ4n) is 2.50. The second kappa shape index (κ2) is 4.73. The minimum atomic E-state index is -0.396. The van der Waals surface area contributed by atoms with Gasteiger partial charge in [0.15, 0.2) is 0 Å². The van der Waals surface area contributed by atoms with Crippen LogP contribution in [0.4, 0.5) is 0 Å². The van der Waals surface area contributed by atoms with E-state index in [1.807, 2.05) is 31.2 Å². The molecule has 1 aliphatic rings. The lowest BCUT2D eigenvalue weighted by atomic mass is 9.88. The maximum atomic E-state index is 12.5. The first-order valence-corrected chi connectivity index (χ1v) is 6.47. The van der Waals surface area contributed by atoms with Gasteiger partial charge in [0.05, 0.1) is 6.10 Å². The summed E-state index contributed by atoms with van der Waals surface area (Å²) >= 11 is 0. The lowest BCUT2D eigenvalue weighted by Crippen LogP contribution is -2.54. The Labute approximate surface area is 108 Å². The average Bonchev–Trinajstić information content (AvgIpc) is 2.31. The molecule has 0 saturated carbocycles. The second-order valence-electron chi connectivity index (χ2n) is 5.79. The first-order chi connectivity index (χ1) is 8.40. The number of piperidine rings is 1. The van der Waals surface area contributed by atoms with Crippen molar-refractivity contribution >= 4 is 5.91 Å². The first kappa shape index (κ1) is 13.1. The number of rotatable bonds is 1. The van der Waals surface area contributed by atoms with Crippen molar-refractivity contribution < 1.29 is 9.90 Å². The zero-order chi connectivity index (χ0) is 13.3. The van der Waals surface area contributed by atoms with Crippen LogP contribution in [0.3, 0.4) is 0 Å². The third kappa shape index (κ3) is 2.56. The molecule has 1 heterocycles. The number of hydrogen-bond acceptors (Lipinski definition) is 2. The highest BCUT2D eigenvalue weighted by molar-refractivity contribution is 5.95. The van der Waals surface area contributed by atoms with E-state index >= 15 is 0 Å². The molecule has 2 rings (SSSR count). The highest BCUT2D eigenvalue weighted by atomic mass is 16.3. The number of benzene rings is 1. The van der Waals surface area contributed by atoms with Crippen LogP contribution in [0, 0.1) is 6.92 Å². The Hall–Kier alpha value is -1.35. The van der Waals surface area contributed by atoms with Crippen LogP contribution in [0.5, 0.6) is 0 Å². The molecule has 1 unspecified atom stereocenters. The summed E-state index contributed by atoms with van der Waals surface area (Å²) < 4.78 is 0. The Morgan fingerprint density at radius 1 is 1.44 bits per heavy atom. The van der Waals surface area contributed by atoms with Gasteiger partial charge in [-0.15, -0.1) is 0 Å². The molecular formula is C15H21NO2. The standard InChI is InChI=1S/C15H21NO2/c1-11-5-4-6-12(9-11)14(18)16-10-13(17)7-8-15(16,2)3/h4-6,9,13,17H,7-8,10H2,1-3H3. The number of nitrogens with zero attached hydrogens (tertiary/aromatic N) is 1. The minimum Gasteiger partial charge on any atom is -0.391 e. The molecule has 1 saturated heterocycles. The number of amides is 1. The summed E-state index contributed by atoms with van der Waals surface area (Å²) in [4.78, 5) is 14.3. The van der Waals surface area contributed by atoms with Crippen LogP contribution < -0.4 is 0 Å². The Morgan fingerprint density at radius 2 is 2.17 bits per heavy atom. The Morgan fingerprint density at radius 3 is 2.83 bits per heavy atom. The Balaban J connectivity index is 2.26. The van der Waals surface area contributed by atoms with Gasteiger partial charge in [-0.3, -0.25) is 4.79 Å². The van der Waals surface area contributed by atoms with Crippen LogP contribution in [0.1, 0.15) is 42.6 Å². The normalized spacial score (nSPS) is 22.9. The number of carbonyl (C=O) groups excluding carboxylic acids is 1. The van der Waals surface area contributed by atoms with Gasteiger partial charge in [-0.1, -0.05) is 17.7 Å². The molecule has 1 amide bonds. The van der Waals surface area contributed by atoms with Crippen molar-refractivity contribution in [3.8, 4) is 0 Å². The molecule has 1 aromatic carbocycles. The molecule has 1 aromatic rings. The maximum absolute atomic E-state index is 12.5. The fraction of sp³-hybridized carbons (Fsp3) is 0.533. The van der Waals surface area contributed by atoms with E-state index < -0.39 is 6.10 Å². The molecule has 98 valence electrons. The monoisotopic (exact) mass is 247 g/mol. The topological polar surface area (TPSA) is 40.5 Å². The Kier molecular flexibility index (Phi) is 3.44. The van der Waals surface area contributed by atoms with E-state index in [1.165, 1.54) is 0 Å². The zero-order valence-corrected chi connectivity index (χ0v) is 11.3. The molecule has 0 spiro atoms. The Bertz CT molecular complexity index is 454. The minimum absolute atomic E-state index is 0.0162. The van der Waals surface area contributed by atoms with Crippen molar-refractivity contribution in [1.29, 1.82) is 0 Å². The predicted octanol–water partition coefficient (Wildman–Crippen LogP) is 2.37. The van der Waals surface area contributed by atoms with E-state index in [9.17, 15) is 9.90 Å². The SMILES string of the molecule is Cc1cccc(C(=O)N2CC(O)CCC2(C)C)c1. The van der Waals surface area contributed by atoms with Gasteiger partial charge in [0, 0.05) is 17.6 Å². The van der Waals surface area contributed by atoms with E-state index in [4.69, 9.17) is 0 Å². The predicted molar refractivity (Wildman–Crippen MR) is 71.5 cm³/mol. The quantitative estimate of drug-likeness (QED) is 0.827. The molecule has 1 N–H and O–H groups in total. The third-order valence-corrected chi connectivity index (χ3v) is 3.72. The van der Waals surface area contributed by atoms with Crippen molar-refractivity contribution in [2.45, 2.75) is 45.3 Å². The number of hydrogen-bond donors (Lipinski definition) is 1. The van der Waals surface area contributed by atoms with Crippen LogP contribution in [-0.4, -0.2) is 34.1 Å². The lowest BCUT2D eigenvalue weighted by molar-refractivity contribution is 0.00154. The molecule has 0 bridgehead atoms. The van der Waals surface area contributed by atoms with Gasteiger partial charge in [-0.05, 0) is 45.7 Å². The molecule has 0 aliphatic carbocycles. The highest BCUT2D eigenvalue weighted by Crippen LogP contribution is 2.29. The van der Waals surface area contributed by atoms with Crippen LogP contribution in [0.25, 0.3) is 0 Å². The molecule has 3 heteroatoms. The van der Waals surface area contributed by atoms with Crippen molar-refractivity contribution in [2.75, 3.05) is 6.54 Å². The van der Waals surface area contributed by atoms with Crippen LogP contribution in [0.2, 0.25) is 0 Å². The number of likely N-dealkylation sites (tertiary alicyclic amines) is 1. The summed E-state index contributed by atoms with van der Waals surface area (Å²) in [5.41, 5.74) is 1.61. The number of aryl methyl sites for hydroxylation is 1. The van der Waals surface area contributed by atoms with Gasteiger partial charge in [0.25, 0.3) is 5.91 Å². The molecule has 1 atom stereocenters. The smallest absolute Gasteiger partial charge is 0.254 e. The molecule has 3 nitrogen and oxygen atoms in total. The molecule has 0 aromatic heterocycles. The number of aliphatic hydroxyl groups excluding tert-OH is 1. The van der Waals surface area contributed by atoms with Gasteiger partial charge >= 0.3 is 0 Å². The third-order valence-electron chi connectivity index (χ3n) is 3.72. The van der Waals surface area contributed by atoms with Gasteiger partial charge < -0.3 is 10.0 Å². The van der Waals surface area contributed by atoms with Crippen LogP contribution in [-0.2, 0) is 0 Å². The summed E-state index contributed by atoms with van der Waals surface area (Å²) in [5, 5.41) is 9.77. The fourth-order valence-corrected chi connectivity index (χ4v) is 2.50. The highest BCUT2D eigenvalue weighted by Gasteiger charge is 2.36. The maximum Gasteiger partial charge on any atom is 0.254 e. The second-order valence-corrected chi connectivity index (χ2v) is 5.79. The molecule has 1 aliphatic heterocycles. The van der Waals surface area contributed by atoms with Gasteiger partial charge in [0.2, 0.25) is 0 Å². The van der Waals surface area contributed by atoms with Gasteiger partial charge in [0.1, 0.15) is 0 Å². The largest absolute Gasteiger partial charge is 0.391 e. The van der Waals surface area contributed by atoms with E-state index in [2.05, 4.69) is 13.8 Å². The van der Waals surface area contributed by atoms with Crippen molar-refractivity contribution in [3.05, 3.63) is 35.4 Å². The molecule has 1 fully saturated rings. The van der Waals surface area contributed by atoms with Crippen molar-refractivity contribution in [1.82, 2.24) is 4.90 Å². The van der Waals surface area contributed by atoms with Gasteiger partial charge in [-0.2, -0.15) is 0 Å². The van der Waals surface area contributed by atoms with Crippen molar-refractivity contribution in [3.63, 3.8) is 0 Å². The molecular weight excluding hydrogens is 226 g/mol. The summed E-state index contributed by atoms with van der Waals surface area (Å²) in [5.74, 6) is 0.0162. The lowest BCUT2D eigenvalue weighted by Gasteiger charge is -2.44. The van der Waals surface area contributed by atoms with E-state index in [0.717, 1.165) is 18.4 Å². The number of β-amino-alcohol motifs (C(OH)–C–C–N with tert-alkyl or cyclic N) is 1. The summed E-state index contributed by atoms with van der Waals surface area (Å²) in [6.07, 6.45) is 1.21. The average molecular weight is 247 g/mol. The summed E-state index contributed by atoms with van der Waals surface area (Å²) in [6, 6.07) is 7.62. The number of carbonyl (C=O) groups is 1. The molecule has 18 heavy (non-hydrogen) atoms. The van der Waals surface area contributed by atoms with Crippen LogP contribution in [0.15, 0.2) is 24.3 Å². The van der Waals surface area contributed by atoms with Gasteiger partial charge in [-0.25, -0.2) is 0 Å². The summed E-state index contributed by atoms with van der Waals surface area (Å²) in [6.45, 7) is 6.53. The van der Waals surface area contributed by atoms with Crippen molar-refractivity contribution in [2.24, 2.45) is 0 Å². The van der Waals surface area contributed by atoms with E-state index in [-0.39, 0.29) is 11.4 Å². The van der Waals surface area contributed by atoms with Crippen LogP contribution >= 0.6 is 0 Å². The van der Waals surface area contributed by atoms with E-state index in [0.29, 0.717) is 12.1 Å². The zero-order valence-electron chi connectivity index (χ0n) is 11.3. The summed E-state index contributed by atoms with van der Waals surface area (Å²) in [7, 11) is 0. The molecule has 0 radical (unpaired) electrons. The number of aliphatic hydroxyl groups is 1. The first-order valence-electron chi connectivity index (χ1n) is 6.47.